The van der Waals surface area contributed by atoms with Gasteiger partial charge >= 0.3 is 6.18 Å². The minimum Gasteiger partial charge on any atom is -0.303 e. The van der Waals surface area contributed by atoms with Gasteiger partial charge in [0.1, 0.15) is 0 Å². The summed E-state index contributed by atoms with van der Waals surface area (Å²) in [4.78, 5) is 3.70. The van der Waals surface area contributed by atoms with E-state index in [1.165, 1.54) is 17.7 Å². The van der Waals surface area contributed by atoms with Crippen LogP contribution in [-0.2, 0) is 0 Å². The first kappa shape index (κ1) is 15.1. The van der Waals surface area contributed by atoms with E-state index in [4.69, 9.17) is 11.6 Å². The fraction of sp³-hybridized carbons (Fsp3) is 1.00. The lowest BCUT2D eigenvalue weighted by atomic mass is 10.3. The molecule has 0 unspecified atom stereocenters. The first-order chi connectivity index (χ1) is 8.01. The van der Waals surface area contributed by atoms with Crippen molar-refractivity contribution in [2.45, 2.75) is 25.4 Å². The van der Waals surface area contributed by atoms with Crippen LogP contribution < -0.4 is 0 Å². The van der Waals surface area contributed by atoms with Crippen molar-refractivity contribution in [1.82, 2.24) is 9.80 Å². The summed E-state index contributed by atoms with van der Waals surface area (Å²) >= 11 is 5.51. The molecule has 0 bridgehead atoms. The van der Waals surface area contributed by atoms with Gasteiger partial charge in [0.05, 0.1) is 6.54 Å². The molecule has 0 atom stereocenters. The summed E-state index contributed by atoms with van der Waals surface area (Å²) in [5, 5.41) is 0. The molecule has 1 saturated heterocycles. The van der Waals surface area contributed by atoms with Crippen LogP contribution in [0.3, 0.4) is 0 Å². The minimum atomic E-state index is -4.13. The summed E-state index contributed by atoms with van der Waals surface area (Å²) in [6.07, 6.45) is -0.908. The van der Waals surface area contributed by atoms with Crippen molar-refractivity contribution in [2.75, 3.05) is 45.1 Å². The number of rotatable bonds is 7. The minimum absolute atomic E-state index is 0.250. The quantitative estimate of drug-likeness (QED) is 0.657. The van der Waals surface area contributed by atoms with Crippen LogP contribution in [0.5, 0.6) is 0 Å². The van der Waals surface area contributed by atoms with Crippen LogP contribution in [0.15, 0.2) is 0 Å². The SMILES string of the molecule is FC(F)(F)CN(CCCl)CCCN1CCCC1. The van der Waals surface area contributed by atoms with Gasteiger partial charge in [-0.2, -0.15) is 13.2 Å². The molecule has 1 heterocycles. The van der Waals surface area contributed by atoms with Crippen molar-refractivity contribution in [3.63, 3.8) is 0 Å². The highest BCUT2D eigenvalue weighted by Crippen LogP contribution is 2.17. The molecular weight excluding hydrogens is 253 g/mol. The third kappa shape index (κ3) is 7.11. The van der Waals surface area contributed by atoms with Gasteiger partial charge < -0.3 is 4.90 Å². The van der Waals surface area contributed by atoms with Crippen molar-refractivity contribution in [3.05, 3.63) is 0 Å². The number of alkyl halides is 4. The second kappa shape index (κ2) is 7.44. The molecule has 2 nitrogen and oxygen atoms in total. The first-order valence-corrected chi connectivity index (χ1v) is 6.62. The van der Waals surface area contributed by atoms with E-state index < -0.39 is 12.7 Å². The Balaban J connectivity index is 2.18. The maximum atomic E-state index is 12.3. The lowest BCUT2D eigenvalue weighted by molar-refractivity contribution is -0.145. The van der Waals surface area contributed by atoms with Gasteiger partial charge in [-0.05, 0) is 45.4 Å². The smallest absolute Gasteiger partial charge is 0.303 e. The van der Waals surface area contributed by atoms with Gasteiger partial charge in [0.25, 0.3) is 0 Å². The summed E-state index contributed by atoms with van der Waals surface area (Å²) < 4.78 is 36.8. The van der Waals surface area contributed by atoms with Crippen LogP contribution in [0.25, 0.3) is 0 Å². The van der Waals surface area contributed by atoms with Gasteiger partial charge in [0.2, 0.25) is 0 Å². The van der Waals surface area contributed by atoms with Crippen LogP contribution in [0.1, 0.15) is 19.3 Å². The largest absolute Gasteiger partial charge is 0.401 e. The van der Waals surface area contributed by atoms with Crippen molar-refractivity contribution in [1.29, 1.82) is 0 Å². The average Bonchev–Trinajstić information content (AvgIpc) is 2.68. The molecule has 0 radical (unpaired) electrons. The lowest BCUT2D eigenvalue weighted by Gasteiger charge is -2.23. The summed E-state index contributed by atoms with van der Waals surface area (Å²) in [5.41, 5.74) is 0. The molecule has 0 saturated carbocycles. The summed E-state index contributed by atoms with van der Waals surface area (Å²) in [7, 11) is 0. The molecule has 0 N–H and O–H groups in total. The number of halogens is 4. The Morgan fingerprint density at radius 2 is 1.76 bits per heavy atom. The highest BCUT2D eigenvalue weighted by Gasteiger charge is 2.30. The Labute approximate surface area is 106 Å². The van der Waals surface area contributed by atoms with E-state index in [-0.39, 0.29) is 5.88 Å². The average molecular weight is 273 g/mol. The van der Waals surface area contributed by atoms with Gasteiger partial charge in [-0.3, -0.25) is 4.90 Å². The van der Waals surface area contributed by atoms with Gasteiger partial charge in [-0.25, -0.2) is 0 Å². The van der Waals surface area contributed by atoms with Crippen LogP contribution in [0.4, 0.5) is 13.2 Å². The van der Waals surface area contributed by atoms with Crippen LogP contribution in [-0.4, -0.2) is 61.1 Å². The van der Waals surface area contributed by atoms with E-state index in [0.29, 0.717) is 13.1 Å². The van der Waals surface area contributed by atoms with Gasteiger partial charge in [-0.15, -0.1) is 11.6 Å². The molecule has 0 spiro atoms. The third-order valence-electron chi connectivity index (χ3n) is 2.95. The molecule has 0 aromatic carbocycles. The second-order valence-electron chi connectivity index (χ2n) is 4.48. The standard InChI is InChI=1S/C11H20ClF3N2/c12-4-9-17(10-11(13,14)15)8-3-7-16-5-1-2-6-16/h1-10H2. The molecule has 0 amide bonds. The number of hydrogen-bond donors (Lipinski definition) is 0. The topological polar surface area (TPSA) is 6.48 Å². The summed E-state index contributed by atoms with van der Waals surface area (Å²) in [5.74, 6) is 0.250. The molecule has 1 aliphatic heterocycles. The Morgan fingerprint density at radius 1 is 1.12 bits per heavy atom. The fourth-order valence-corrected chi connectivity index (χ4v) is 2.41. The van der Waals surface area contributed by atoms with Crippen molar-refractivity contribution in [2.24, 2.45) is 0 Å². The van der Waals surface area contributed by atoms with E-state index in [9.17, 15) is 13.2 Å². The van der Waals surface area contributed by atoms with Crippen molar-refractivity contribution >= 4 is 11.6 Å². The predicted molar refractivity (Wildman–Crippen MR) is 63.5 cm³/mol. The fourth-order valence-electron chi connectivity index (χ4n) is 2.17. The first-order valence-electron chi connectivity index (χ1n) is 6.09. The molecular formula is C11H20ClF3N2. The number of likely N-dealkylation sites (tertiary alicyclic amines) is 1. The van der Waals surface area contributed by atoms with Crippen molar-refractivity contribution < 1.29 is 13.2 Å². The highest BCUT2D eigenvalue weighted by atomic mass is 35.5. The molecule has 1 aliphatic rings. The Morgan fingerprint density at radius 3 is 2.29 bits per heavy atom. The van der Waals surface area contributed by atoms with E-state index in [0.717, 1.165) is 26.1 Å². The maximum absolute atomic E-state index is 12.3. The highest BCUT2D eigenvalue weighted by molar-refractivity contribution is 6.18. The van der Waals surface area contributed by atoms with E-state index >= 15 is 0 Å². The van der Waals surface area contributed by atoms with Crippen LogP contribution in [0, 0.1) is 0 Å². The van der Waals surface area contributed by atoms with Crippen molar-refractivity contribution in [3.8, 4) is 0 Å². The molecule has 0 aromatic rings. The zero-order valence-electron chi connectivity index (χ0n) is 9.98. The predicted octanol–water partition coefficient (Wildman–Crippen LogP) is 2.58. The van der Waals surface area contributed by atoms with E-state index in [1.54, 1.807) is 0 Å². The summed E-state index contributed by atoms with van der Waals surface area (Å²) in [6, 6.07) is 0. The molecule has 0 aliphatic carbocycles. The molecule has 0 aromatic heterocycles. The van der Waals surface area contributed by atoms with Gasteiger partial charge in [0, 0.05) is 12.4 Å². The zero-order chi connectivity index (χ0) is 12.7. The lowest BCUT2D eigenvalue weighted by Crippen LogP contribution is -2.37. The Hall–Kier alpha value is -0.0000000000000000208. The van der Waals surface area contributed by atoms with E-state index in [2.05, 4.69) is 4.90 Å². The molecule has 1 fully saturated rings. The number of nitrogens with zero attached hydrogens (tertiary/aromatic N) is 2. The monoisotopic (exact) mass is 272 g/mol. The second-order valence-corrected chi connectivity index (χ2v) is 4.86. The molecule has 1 rings (SSSR count). The van der Waals surface area contributed by atoms with Crippen LogP contribution >= 0.6 is 11.6 Å². The van der Waals surface area contributed by atoms with Gasteiger partial charge in [0.15, 0.2) is 0 Å². The van der Waals surface area contributed by atoms with E-state index in [1.807, 2.05) is 0 Å². The molecule has 102 valence electrons. The molecule has 6 heteroatoms. The molecule has 17 heavy (non-hydrogen) atoms. The van der Waals surface area contributed by atoms with Crippen LogP contribution in [0.2, 0.25) is 0 Å². The number of hydrogen-bond acceptors (Lipinski definition) is 2. The van der Waals surface area contributed by atoms with Gasteiger partial charge in [-0.1, -0.05) is 0 Å². The zero-order valence-corrected chi connectivity index (χ0v) is 10.7. The Bertz CT molecular complexity index is 205. The Kier molecular flexibility index (Phi) is 6.59. The summed E-state index contributed by atoms with van der Waals surface area (Å²) in [6.45, 7) is 3.02. The third-order valence-corrected chi connectivity index (χ3v) is 3.12. The normalized spacial score (nSPS) is 18.2. The maximum Gasteiger partial charge on any atom is 0.401 e.